The minimum absolute atomic E-state index is 0.0535. The zero-order chi connectivity index (χ0) is 14.7. The molecule has 2 heterocycles. The Morgan fingerprint density at radius 1 is 1.43 bits per heavy atom. The number of fused-ring (bicyclic) bond motifs is 1. The lowest BCUT2D eigenvalue weighted by Crippen LogP contribution is -2.47. The number of benzene rings is 1. The Morgan fingerprint density at radius 3 is 3.00 bits per heavy atom. The lowest BCUT2D eigenvalue weighted by atomic mass is 9.95. The van der Waals surface area contributed by atoms with Gasteiger partial charge in [-0.25, -0.2) is 4.98 Å². The summed E-state index contributed by atoms with van der Waals surface area (Å²) in [5.74, 6) is 0.0535. The molecule has 0 radical (unpaired) electrons. The highest BCUT2D eigenvalue weighted by molar-refractivity contribution is 7.11. The van der Waals surface area contributed by atoms with Crippen LogP contribution in [0.1, 0.15) is 27.9 Å². The first-order valence-corrected chi connectivity index (χ1v) is 8.09. The van der Waals surface area contributed by atoms with Crippen molar-refractivity contribution < 1.29 is 4.79 Å². The van der Waals surface area contributed by atoms with Crippen LogP contribution >= 0.6 is 11.3 Å². The Balaban J connectivity index is 1.57. The molecule has 5 heteroatoms. The van der Waals surface area contributed by atoms with Crippen LogP contribution in [0.3, 0.4) is 0 Å². The standard InChI is InChI=1S/C16H19N3OS/c1-2-13-9-18-15(21-13)10-19-16(20)14-7-11-5-3-4-6-12(11)8-17-14/h3-6,9,14,17H,2,7-8,10H2,1H3,(H,19,20)/t14-/m1/s1. The second-order valence-electron chi connectivity index (χ2n) is 5.20. The number of thiazole rings is 1. The van der Waals surface area contributed by atoms with Gasteiger partial charge in [0, 0.05) is 17.6 Å². The Kier molecular flexibility index (Phi) is 4.31. The molecule has 0 fully saturated rings. The van der Waals surface area contributed by atoms with Gasteiger partial charge in [0.15, 0.2) is 0 Å². The van der Waals surface area contributed by atoms with Gasteiger partial charge in [-0.05, 0) is 24.0 Å². The second kappa shape index (κ2) is 6.37. The molecule has 1 aromatic carbocycles. The summed E-state index contributed by atoms with van der Waals surface area (Å²) in [5, 5.41) is 7.25. The van der Waals surface area contributed by atoms with E-state index in [1.807, 2.05) is 18.3 Å². The minimum Gasteiger partial charge on any atom is -0.348 e. The predicted molar refractivity (Wildman–Crippen MR) is 84.1 cm³/mol. The summed E-state index contributed by atoms with van der Waals surface area (Å²) >= 11 is 1.66. The van der Waals surface area contributed by atoms with Gasteiger partial charge >= 0.3 is 0 Å². The van der Waals surface area contributed by atoms with Gasteiger partial charge in [0.2, 0.25) is 5.91 Å². The molecular weight excluding hydrogens is 282 g/mol. The third kappa shape index (κ3) is 3.31. The molecule has 21 heavy (non-hydrogen) atoms. The summed E-state index contributed by atoms with van der Waals surface area (Å²) in [5.41, 5.74) is 2.55. The van der Waals surface area contributed by atoms with Crippen LogP contribution in [0.25, 0.3) is 0 Å². The number of nitrogens with zero attached hydrogens (tertiary/aromatic N) is 1. The molecule has 4 nitrogen and oxygen atoms in total. The van der Waals surface area contributed by atoms with Crippen molar-refractivity contribution >= 4 is 17.2 Å². The predicted octanol–water partition coefficient (Wildman–Crippen LogP) is 2.04. The summed E-state index contributed by atoms with van der Waals surface area (Å²) < 4.78 is 0. The molecule has 0 spiro atoms. The van der Waals surface area contributed by atoms with Gasteiger partial charge in [-0.2, -0.15) is 0 Å². The van der Waals surface area contributed by atoms with Crippen molar-refractivity contribution in [2.75, 3.05) is 0 Å². The normalized spacial score (nSPS) is 17.3. The van der Waals surface area contributed by atoms with Crippen molar-refractivity contribution in [2.24, 2.45) is 0 Å². The van der Waals surface area contributed by atoms with E-state index in [1.165, 1.54) is 16.0 Å². The molecule has 2 aromatic rings. The van der Waals surface area contributed by atoms with Crippen LogP contribution in [0.2, 0.25) is 0 Å². The molecule has 0 bridgehead atoms. The van der Waals surface area contributed by atoms with Crippen molar-refractivity contribution in [2.45, 2.75) is 38.9 Å². The van der Waals surface area contributed by atoms with Crippen LogP contribution in [0.4, 0.5) is 0 Å². The molecule has 0 unspecified atom stereocenters. The highest BCUT2D eigenvalue weighted by Gasteiger charge is 2.23. The molecular formula is C16H19N3OS. The summed E-state index contributed by atoms with van der Waals surface area (Å²) in [6.45, 7) is 3.38. The number of hydrogen-bond acceptors (Lipinski definition) is 4. The fraction of sp³-hybridized carbons (Fsp3) is 0.375. The van der Waals surface area contributed by atoms with E-state index in [2.05, 4.69) is 34.7 Å². The van der Waals surface area contributed by atoms with Crippen molar-refractivity contribution in [1.82, 2.24) is 15.6 Å². The van der Waals surface area contributed by atoms with Gasteiger partial charge in [-0.15, -0.1) is 11.3 Å². The summed E-state index contributed by atoms with van der Waals surface area (Å²) in [6.07, 6.45) is 3.63. The van der Waals surface area contributed by atoms with E-state index in [0.717, 1.165) is 24.4 Å². The highest BCUT2D eigenvalue weighted by atomic mass is 32.1. The van der Waals surface area contributed by atoms with Crippen LogP contribution in [0.5, 0.6) is 0 Å². The molecule has 2 N–H and O–H groups in total. The van der Waals surface area contributed by atoms with Crippen molar-refractivity contribution in [1.29, 1.82) is 0 Å². The summed E-state index contributed by atoms with van der Waals surface area (Å²) in [6, 6.07) is 8.13. The molecule has 1 amide bonds. The first-order chi connectivity index (χ1) is 10.3. The Hall–Kier alpha value is -1.72. The maximum atomic E-state index is 12.3. The molecule has 1 aromatic heterocycles. The number of carbonyl (C=O) groups excluding carboxylic acids is 1. The number of aryl methyl sites for hydroxylation is 1. The average Bonchev–Trinajstić information content (AvgIpc) is 3.00. The van der Waals surface area contributed by atoms with E-state index < -0.39 is 0 Å². The largest absolute Gasteiger partial charge is 0.348 e. The topological polar surface area (TPSA) is 54.0 Å². The maximum absolute atomic E-state index is 12.3. The number of carbonyl (C=O) groups is 1. The number of aromatic nitrogens is 1. The Morgan fingerprint density at radius 2 is 2.24 bits per heavy atom. The Labute approximate surface area is 128 Å². The van der Waals surface area contributed by atoms with E-state index >= 15 is 0 Å². The van der Waals surface area contributed by atoms with Crippen molar-refractivity contribution in [3.05, 3.63) is 51.5 Å². The molecule has 1 atom stereocenters. The zero-order valence-corrected chi connectivity index (χ0v) is 12.9. The quantitative estimate of drug-likeness (QED) is 0.908. The third-order valence-corrected chi connectivity index (χ3v) is 4.90. The zero-order valence-electron chi connectivity index (χ0n) is 12.1. The summed E-state index contributed by atoms with van der Waals surface area (Å²) in [4.78, 5) is 17.8. The smallest absolute Gasteiger partial charge is 0.237 e. The molecule has 0 saturated carbocycles. The third-order valence-electron chi connectivity index (χ3n) is 3.76. The fourth-order valence-corrected chi connectivity index (χ4v) is 3.32. The maximum Gasteiger partial charge on any atom is 0.237 e. The second-order valence-corrected chi connectivity index (χ2v) is 6.40. The van der Waals surface area contributed by atoms with Crippen molar-refractivity contribution in [3.8, 4) is 0 Å². The van der Waals surface area contributed by atoms with Crippen molar-refractivity contribution in [3.63, 3.8) is 0 Å². The minimum atomic E-state index is -0.148. The first kappa shape index (κ1) is 14.2. The monoisotopic (exact) mass is 301 g/mol. The summed E-state index contributed by atoms with van der Waals surface area (Å²) in [7, 11) is 0. The van der Waals surface area contributed by atoms with Crippen LogP contribution in [-0.4, -0.2) is 16.9 Å². The molecule has 110 valence electrons. The molecule has 1 aliphatic heterocycles. The van der Waals surface area contributed by atoms with Gasteiger partial charge in [0.25, 0.3) is 0 Å². The number of nitrogens with one attached hydrogen (secondary N) is 2. The van der Waals surface area contributed by atoms with Gasteiger partial charge in [-0.3, -0.25) is 4.79 Å². The van der Waals surface area contributed by atoms with Gasteiger partial charge in [0.1, 0.15) is 5.01 Å². The lowest BCUT2D eigenvalue weighted by Gasteiger charge is -2.25. The number of hydrogen-bond donors (Lipinski definition) is 2. The van der Waals surface area contributed by atoms with Crippen LogP contribution < -0.4 is 10.6 Å². The molecule has 0 saturated heterocycles. The highest BCUT2D eigenvalue weighted by Crippen LogP contribution is 2.17. The molecule has 0 aliphatic carbocycles. The number of rotatable bonds is 4. The van der Waals surface area contributed by atoms with Crippen LogP contribution in [-0.2, 0) is 30.7 Å². The van der Waals surface area contributed by atoms with E-state index in [1.54, 1.807) is 11.3 Å². The van der Waals surface area contributed by atoms with E-state index in [4.69, 9.17) is 0 Å². The van der Waals surface area contributed by atoms with E-state index in [-0.39, 0.29) is 11.9 Å². The van der Waals surface area contributed by atoms with E-state index in [0.29, 0.717) is 6.54 Å². The van der Waals surface area contributed by atoms with Crippen LogP contribution in [0, 0.1) is 0 Å². The fourth-order valence-electron chi connectivity index (χ4n) is 2.52. The van der Waals surface area contributed by atoms with Gasteiger partial charge < -0.3 is 10.6 Å². The molecule has 1 aliphatic rings. The van der Waals surface area contributed by atoms with E-state index in [9.17, 15) is 4.79 Å². The SMILES string of the molecule is CCc1cnc(CNC(=O)[C@H]2Cc3ccccc3CN2)s1. The number of amides is 1. The average molecular weight is 301 g/mol. The van der Waals surface area contributed by atoms with Gasteiger partial charge in [-0.1, -0.05) is 31.2 Å². The first-order valence-electron chi connectivity index (χ1n) is 7.27. The lowest BCUT2D eigenvalue weighted by molar-refractivity contribution is -0.123. The molecule has 3 rings (SSSR count). The Bertz CT molecular complexity index is 638. The van der Waals surface area contributed by atoms with Gasteiger partial charge in [0.05, 0.1) is 12.6 Å². The van der Waals surface area contributed by atoms with Crippen LogP contribution in [0.15, 0.2) is 30.5 Å².